The molecular formula is C19H20N4O3S. The molecule has 0 spiro atoms. The number of hydrogen-bond donors (Lipinski definition) is 1. The molecule has 2 aromatic rings. The Labute approximate surface area is 161 Å². The van der Waals surface area contributed by atoms with E-state index in [2.05, 4.69) is 16.5 Å². The highest BCUT2D eigenvalue weighted by atomic mass is 32.1. The third-order valence-corrected chi connectivity index (χ3v) is 5.79. The predicted octanol–water partition coefficient (Wildman–Crippen LogP) is 2.65. The Kier molecular flexibility index (Phi) is 5.42. The van der Waals surface area contributed by atoms with Crippen LogP contribution in [0.4, 0.5) is 5.00 Å². The van der Waals surface area contributed by atoms with Crippen LogP contribution in [0.15, 0.2) is 6.08 Å². The van der Waals surface area contributed by atoms with Gasteiger partial charge in [0, 0.05) is 29.3 Å². The maximum atomic E-state index is 12.1. The highest BCUT2D eigenvalue weighted by molar-refractivity contribution is 7.16. The first-order valence-electron chi connectivity index (χ1n) is 8.60. The Morgan fingerprint density at radius 3 is 2.85 bits per heavy atom. The summed E-state index contributed by atoms with van der Waals surface area (Å²) in [5, 5.41) is 16.8. The molecule has 0 aromatic carbocycles. The van der Waals surface area contributed by atoms with Crippen LogP contribution in [0.5, 0.6) is 0 Å². The van der Waals surface area contributed by atoms with Crippen molar-refractivity contribution in [3.8, 4) is 6.07 Å². The van der Waals surface area contributed by atoms with Crippen LogP contribution in [0.25, 0.3) is 6.08 Å². The minimum Gasteiger partial charge on any atom is -0.452 e. The fourth-order valence-electron chi connectivity index (χ4n) is 3.14. The molecule has 0 fully saturated rings. The van der Waals surface area contributed by atoms with Crippen LogP contribution in [-0.2, 0) is 34.2 Å². The molecular weight excluding hydrogens is 364 g/mol. The first kappa shape index (κ1) is 18.9. The molecule has 1 amide bonds. The molecule has 0 saturated heterocycles. The number of amides is 1. The second kappa shape index (κ2) is 7.76. The van der Waals surface area contributed by atoms with E-state index >= 15 is 0 Å². The van der Waals surface area contributed by atoms with Gasteiger partial charge in [0.1, 0.15) is 11.1 Å². The Bertz CT molecular complexity index is 978. The molecule has 0 bridgehead atoms. The van der Waals surface area contributed by atoms with Crippen molar-refractivity contribution in [1.29, 1.82) is 5.26 Å². The topological polar surface area (TPSA) is 97.0 Å². The quantitative estimate of drug-likeness (QED) is 0.631. The molecule has 3 rings (SSSR count). The lowest BCUT2D eigenvalue weighted by molar-refractivity contribution is -0.142. The number of esters is 1. The van der Waals surface area contributed by atoms with Gasteiger partial charge in [0.05, 0.1) is 11.3 Å². The number of carbonyl (C=O) groups excluding carboxylic acids is 2. The summed E-state index contributed by atoms with van der Waals surface area (Å²) < 4.78 is 6.73. The number of thiophene rings is 1. The summed E-state index contributed by atoms with van der Waals surface area (Å²) in [4.78, 5) is 25.1. The lowest BCUT2D eigenvalue weighted by Crippen LogP contribution is -2.20. The zero-order chi connectivity index (χ0) is 19.6. The first-order valence-corrected chi connectivity index (χ1v) is 9.42. The van der Waals surface area contributed by atoms with Gasteiger partial charge in [0.15, 0.2) is 6.61 Å². The highest BCUT2D eigenvalue weighted by Gasteiger charge is 2.23. The standard InChI is InChI=1S/C19H20N4O3S/c1-11-13(12(2)23(3)22-11)7-8-18(25)26-10-17(24)21-19-15(9-20)14-5-4-6-16(14)27-19/h7-8H,4-6,10H2,1-3H3,(H,21,24)/b8-7+. The Morgan fingerprint density at radius 2 is 2.19 bits per heavy atom. The normalized spacial score (nSPS) is 12.8. The van der Waals surface area contributed by atoms with Crippen LogP contribution in [0.3, 0.4) is 0 Å². The van der Waals surface area contributed by atoms with Gasteiger partial charge in [-0.2, -0.15) is 10.4 Å². The monoisotopic (exact) mass is 384 g/mol. The van der Waals surface area contributed by atoms with Crippen molar-refractivity contribution in [1.82, 2.24) is 9.78 Å². The van der Waals surface area contributed by atoms with Crippen LogP contribution in [0.1, 0.15) is 39.4 Å². The van der Waals surface area contributed by atoms with Crippen LogP contribution < -0.4 is 5.32 Å². The van der Waals surface area contributed by atoms with Crippen molar-refractivity contribution < 1.29 is 14.3 Å². The zero-order valence-corrected chi connectivity index (χ0v) is 16.3. The number of aromatic nitrogens is 2. The lowest BCUT2D eigenvalue weighted by atomic mass is 10.1. The van der Waals surface area contributed by atoms with Crippen molar-refractivity contribution in [3.63, 3.8) is 0 Å². The Morgan fingerprint density at radius 1 is 1.41 bits per heavy atom. The maximum absolute atomic E-state index is 12.1. The second-order valence-electron chi connectivity index (χ2n) is 6.37. The number of carbonyl (C=O) groups is 2. The smallest absolute Gasteiger partial charge is 0.331 e. The van der Waals surface area contributed by atoms with Gasteiger partial charge in [0.25, 0.3) is 5.91 Å². The lowest BCUT2D eigenvalue weighted by Gasteiger charge is -2.04. The molecule has 0 saturated carbocycles. The minimum absolute atomic E-state index is 0.401. The fourth-order valence-corrected chi connectivity index (χ4v) is 4.40. The zero-order valence-electron chi connectivity index (χ0n) is 15.5. The van der Waals surface area contributed by atoms with Crippen molar-refractivity contribution >= 4 is 34.3 Å². The molecule has 2 aromatic heterocycles. The molecule has 140 valence electrons. The number of hydrogen-bond acceptors (Lipinski definition) is 6. The van der Waals surface area contributed by atoms with E-state index in [1.807, 2.05) is 20.9 Å². The number of nitrogens with one attached hydrogen (secondary N) is 1. The number of nitrogens with zero attached hydrogens (tertiary/aromatic N) is 3. The third-order valence-electron chi connectivity index (χ3n) is 4.58. The summed E-state index contributed by atoms with van der Waals surface area (Å²) >= 11 is 1.43. The third kappa shape index (κ3) is 3.93. The van der Waals surface area contributed by atoms with E-state index < -0.39 is 18.5 Å². The maximum Gasteiger partial charge on any atom is 0.331 e. The summed E-state index contributed by atoms with van der Waals surface area (Å²) in [7, 11) is 1.83. The van der Waals surface area contributed by atoms with Crippen molar-refractivity contribution in [2.24, 2.45) is 7.05 Å². The van der Waals surface area contributed by atoms with Crippen molar-refractivity contribution in [2.45, 2.75) is 33.1 Å². The molecule has 27 heavy (non-hydrogen) atoms. The second-order valence-corrected chi connectivity index (χ2v) is 7.48. The van der Waals surface area contributed by atoms with E-state index in [0.29, 0.717) is 10.6 Å². The molecule has 8 heteroatoms. The van der Waals surface area contributed by atoms with Gasteiger partial charge in [0.2, 0.25) is 0 Å². The van der Waals surface area contributed by atoms with Gasteiger partial charge in [-0.3, -0.25) is 9.48 Å². The summed E-state index contributed by atoms with van der Waals surface area (Å²) in [5.74, 6) is -1.07. The van der Waals surface area contributed by atoms with E-state index in [0.717, 1.165) is 46.7 Å². The van der Waals surface area contributed by atoms with Crippen LogP contribution in [0, 0.1) is 25.2 Å². The molecule has 0 atom stereocenters. The number of nitriles is 1. The molecule has 0 unspecified atom stereocenters. The van der Waals surface area contributed by atoms with Crippen molar-refractivity contribution in [2.75, 3.05) is 11.9 Å². The number of fused-ring (bicyclic) bond motifs is 1. The molecule has 0 radical (unpaired) electrons. The number of rotatable bonds is 5. The molecule has 1 N–H and O–H groups in total. The largest absolute Gasteiger partial charge is 0.452 e. The molecule has 1 aliphatic carbocycles. The van der Waals surface area contributed by atoms with Gasteiger partial charge < -0.3 is 10.1 Å². The average molecular weight is 384 g/mol. The fraction of sp³-hybridized carbons (Fsp3) is 0.368. The van der Waals surface area contributed by atoms with Gasteiger partial charge in [-0.05, 0) is 44.7 Å². The SMILES string of the molecule is Cc1nn(C)c(C)c1/C=C/C(=O)OCC(=O)Nc1sc2c(c1C#N)CCC2. The predicted molar refractivity (Wildman–Crippen MR) is 102 cm³/mol. The highest BCUT2D eigenvalue weighted by Crippen LogP contribution is 2.38. The van der Waals surface area contributed by atoms with E-state index in [9.17, 15) is 14.9 Å². The van der Waals surface area contributed by atoms with Crippen molar-refractivity contribution in [3.05, 3.63) is 39.0 Å². The van der Waals surface area contributed by atoms with Gasteiger partial charge in [-0.25, -0.2) is 4.79 Å². The number of anilines is 1. The summed E-state index contributed by atoms with van der Waals surface area (Å²) in [6.07, 6.45) is 5.78. The number of ether oxygens (including phenoxy) is 1. The average Bonchev–Trinajstić information content (AvgIpc) is 3.26. The summed E-state index contributed by atoms with van der Waals surface area (Å²) in [5.41, 5.74) is 4.18. The van der Waals surface area contributed by atoms with Gasteiger partial charge in [-0.15, -0.1) is 11.3 Å². The summed E-state index contributed by atoms with van der Waals surface area (Å²) in [6, 6.07) is 2.17. The van der Waals surface area contributed by atoms with E-state index in [1.54, 1.807) is 10.8 Å². The van der Waals surface area contributed by atoms with E-state index in [-0.39, 0.29) is 0 Å². The summed E-state index contributed by atoms with van der Waals surface area (Å²) in [6.45, 7) is 3.36. The Hall–Kier alpha value is -2.92. The van der Waals surface area contributed by atoms with E-state index in [1.165, 1.54) is 17.4 Å². The molecule has 0 aliphatic heterocycles. The molecule has 1 aliphatic rings. The Balaban J connectivity index is 1.56. The molecule has 2 heterocycles. The van der Waals surface area contributed by atoms with E-state index in [4.69, 9.17) is 4.74 Å². The van der Waals surface area contributed by atoms with Gasteiger partial charge in [-0.1, -0.05) is 0 Å². The minimum atomic E-state index is -0.609. The molecule has 7 nitrogen and oxygen atoms in total. The first-order chi connectivity index (χ1) is 12.9. The van der Waals surface area contributed by atoms with Crippen LogP contribution in [0.2, 0.25) is 0 Å². The van der Waals surface area contributed by atoms with Crippen LogP contribution in [-0.4, -0.2) is 28.3 Å². The van der Waals surface area contributed by atoms with Crippen LogP contribution >= 0.6 is 11.3 Å². The van der Waals surface area contributed by atoms with Gasteiger partial charge >= 0.3 is 5.97 Å². The number of aryl methyl sites for hydroxylation is 3.